The summed E-state index contributed by atoms with van der Waals surface area (Å²) >= 11 is 0. The first-order chi connectivity index (χ1) is 18.1. The molecule has 0 spiro atoms. The Balaban J connectivity index is 1.25. The summed E-state index contributed by atoms with van der Waals surface area (Å²) in [6, 6.07) is 28.8. The number of anilines is 2. The Morgan fingerprint density at radius 1 is 0.811 bits per heavy atom. The molecule has 0 atom stereocenters. The molecule has 0 saturated carbocycles. The van der Waals surface area contributed by atoms with Gasteiger partial charge in [-0.15, -0.1) is 0 Å². The number of rotatable bonds is 8. The van der Waals surface area contributed by atoms with Crippen molar-refractivity contribution >= 4 is 34.1 Å². The van der Waals surface area contributed by atoms with Crippen LogP contribution in [0, 0.1) is 0 Å². The average molecular weight is 494 g/mol. The molecular formula is C29H23N3O5. The monoisotopic (exact) mass is 493 g/mol. The van der Waals surface area contributed by atoms with Crippen LogP contribution in [0.3, 0.4) is 0 Å². The van der Waals surface area contributed by atoms with Crippen molar-refractivity contribution in [3.8, 4) is 22.8 Å². The molecule has 4 aromatic carbocycles. The number of para-hydroxylation sites is 2. The first-order valence-electron chi connectivity index (χ1n) is 11.5. The van der Waals surface area contributed by atoms with Gasteiger partial charge in [-0.3, -0.25) is 9.59 Å². The molecule has 2 N–H and O–H groups in total. The second kappa shape index (κ2) is 10.7. The van der Waals surface area contributed by atoms with E-state index >= 15 is 0 Å². The van der Waals surface area contributed by atoms with Crippen molar-refractivity contribution in [3.63, 3.8) is 0 Å². The maximum absolute atomic E-state index is 13.0. The van der Waals surface area contributed by atoms with Gasteiger partial charge in [0.15, 0.2) is 23.9 Å². The van der Waals surface area contributed by atoms with Crippen LogP contribution in [0.2, 0.25) is 0 Å². The number of fused-ring (bicyclic) bond motifs is 1. The average Bonchev–Trinajstić information content (AvgIpc) is 3.36. The van der Waals surface area contributed by atoms with Gasteiger partial charge in [0.1, 0.15) is 5.52 Å². The molecule has 2 amide bonds. The van der Waals surface area contributed by atoms with Gasteiger partial charge in [-0.2, -0.15) is 0 Å². The van der Waals surface area contributed by atoms with Gasteiger partial charge < -0.3 is 24.6 Å². The number of nitrogens with one attached hydrogen (secondary N) is 2. The quantitative estimate of drug-likeness (QED) is 0.284. The molecule has 8 nitrogen and oxygen atoms in total. The summed E-state index contributed by atoms with van der Waals surface area (Å²) in [7, 11) is 1.54. The highest BCUT2D eigenvalue weighted by Gasteiger charge is 2.15. The summed E-state index contributed by atoms with van der Waals surface area (Å²) in [6.07, 6.45) is 0. The number of hydrogen-bond acceptors (Lipinski definition) is 6. The molecule has 8 heteroatoms. The molecule has 0 aliphatic carbocycles. The summed E-state index contributed by atoms with van der Waals surface area (Å²) in [6.45, 7) is -0.195. The minimum Gasteiger partial charge on any atom is -0.493 e. The first kappa shape index (κ1) is 23.6. The second-order valence-electron chi connectivity index (χ2n) is 8.13. The number of amides is 2. The molecule has 37 heavy (non-hydrogen) atoms. The summed E-state index contributed by atoms with van der Waals surface area (Å²) in [4.78, 5) is 25.4. The van der Waals surface area contributed by atoms with Gasteiger partial charge in [0.25, 0.3) is 11.8 Å². The van der Waals surface area contributed by atoms with Crippen molar-refractivity contribution in [3.05, 3.63) is 103 Å². The van der Waals surface area contributed by atoms with E-state index < -0.39 is 0 Å². The van der Waals surface area contributed by atoms with E-state index in [0.717, 1.165) is 10.9 Å². The summed E-state index contributed by atoms with van der Waals surface area (Å²) in [5.74, 6) is 0.970. The zero-order chi connectivity index (χ0) is 25.6. The highest BCUT2D eigenvalue weighted by atomic mass is 16.5. The molecule has 0 radical (unpaired) electrons. The molecule has 5 aromatic rings. The van der Waals surface area contributed by atoms with Crippen molar-refractivity contribution in [1.82, 2.24) is 5.16 Å². The molecule has 1 aromatic heterocycles. The molecule has 0 fully saturated rings. The summed E-state index contributed by atoms with van der Waals surface area (Å²) < 4.78 is 16.3. The predicted octanol–water partition coefficient (Wildman–Crippen LogP) is 5.77. The largest absolute Gasteiger partial charge is 0.493 e. The van der Waals surface area contributed by atoms with E-state index in [-0.39, 0.29) is 18.4 Å². The number of benzene rings is 4. The maximum atomic E-state index is 13.0. The Morgan fingerprint density at radius 2 is 1.54 bits per heavy atom. The number of methoxy groups -OCH3 is 1. The molecule has 0 aliphatic rings. The zero-order valence-electron chi connectivity index (χ0n) is 19.9. The lowest BCUT2D eigenvalue weighted by molar-refractivity contribution is -0.118. The van der Waals surface area contributed by atoms with Crippen LogP contribution >= 0.6 is 0 Å². The lowest BCUT2D eigenvalue weighted by atomic mass is 10.1. The Hall–Kier alpha value is -5.11. The molecule has 0 unspecified atom stereocenters. The fourth-order valence-corrected chi connectivity index (χ4v) is 3.84. The third-order valence-corrected chi connectivity index (χ3v) is 5.61. The minimum absolute atomic E-state index is 0.195. The van der Waals surface area contributed by atoms with Gasteiger partial charge in [-0.1, -0.05) is 53.7 Å². The van der Waals surface area contributed by atoms with Crippen LogP contribution in [0.15, 0.2) is 102 Å². The van der Waals surface area contributed by atoms with E-state index in [4.69, 9.17) is 14.0 Å². The fourth-order valence-electron chi connectivity index (χ4n) is 3.84. The lowest BCUT2D eigenvalue weighted by Crippen LogP contribution is -2.20. The molecule has 0 bridgehead atoms. The maximum Gasteiger partial charge on any atom is 0.262 e. The Labute approximate surface area is 212 Å². The third kappa shape index (κ3) is 5.43. The number of ether oxygens (including phenoxy) is 2. The minimum atomic E-state index is -0.347. The van der Waals surface area contributed by atoms with Crippen molar-refractivity contribution in [1.29, 1.82) is 0 Å². The lowest BCUT2D eigenvalue weighted by Gasteiger charge is -2.11. The highest BCUT2D eigenvalue weighted by Crippen LogP contribution is 2.29. The van der Waals surface area contributed by atoms with Crippen LogP contribution < -0.4 is 20.1 Å². The SMILES string of the molecule is COc1ccccc1OCC(=O)Nc1cccc(NC(=O)c2ccc3noc(-c4ccccc4)c3c2)c1. The van der Waals surface area contributed by atoms with Crippen LogP contribution in [0.4, 0.5) is 11.4 Å². The zero-order valence-corrected chi connectivity index (χ0v) is 19.9. The van der Waals surface area contributed by atoms with E-state index in [2.05, 4.69) is 15.8 Å². The molecule has 5 rings (SSSR count). The van der Waals surface area contributed by atoms with Crippen molar-refractivity contribution in [2.45, 2.75) is 0 Å². The Morgan fingerprint density at radius 3 is 2.32 bits per heavy atom. The fraction of sp³-hybridized carbons (Fsp3) is 0.0690. The van der Waals surface area contributed by atoms with Gasteiger partial charge >= 0.3 is 0 Å². The van der Waals surface area contributed by atoms with Gasteiger partial charge in [-0.05, 0) is 48.5 Å². The van der Waals surface area contributed by atoms with Gasteiger partial charge in [-0.25, -0.2) is 0 Å². The van der Waals surface area contributed by atoms with Crippen molar-refractivity contribution in [2.24, 2.45) is 0 Å². The Kier molecular flexibility index (Phi) is 6.80. The van der Waals surface area contributed by atoms with Crippen molar-refractivity contribution < 1.29 is 23.6 Å². The predicted molar refractivity (Wildman–Crippen MR) is 141 cm³/mol. The number of aromatic nitrogens is 1. The molecule has 1 heterocycles. The van der Waals surface area contributed by atoms with Gasteiger partial charge in [0.2, 0.25) is 0 Å². The van der Waals surface area contributed by atoms with E-state index in [1.807, 2.05) is 36.4 Å². The van der Waals surface area contributed by atoms with Crippen LogP contribution in [-0.2, 0) is 4.79 Å². The topological polar surface area (TPSA) is 103 Å². The highest BCUT2D eigenvalue weighted by molar-refractivity contribution is 6.07. The molecular weight excluding hydrogens is 470 g/mol. The van der Waals surface area contributed by atoms with E-state index in [9.17, 15) is 9.59 Å². The van der Waals surface area contributed by atoms with Crippen LogP contribution in [0.5, 0.6) is 11.5 Å². The van der Waals surface area contributed by atoms with E-state index in [1.54, 1.807) is 60.7 Å². The summed E-state index contributed by atoms with van der Waals surface area (Å²) in [5.41, 5.74) is 3.04. The van der Waals surface area contributed by atoms with Crippen LogP contribution in [-0.4, -0.2) is 30.7 Å². The van der Waals surface area contributed by atoms with Crippen LogP contribution in [0.1, 0.15) is 10.4 Å². The smallest absolute Gasteiger partial charge is 0.262 e. The number of carbonyl (C=O) groups excluding carboxylic acids is 2. The molecule has 184 valence electrons. The van der Waals surface area contributed by atoms with Crippen LogP contribution in [0.25, 0.3) is 22.2 Å². The number of nitrogens with zero attached hydrogens (tertiary/aromatic N) is 1. The Bertz CT molecular complexity index is 1560. The third-order valence-electron chi connectivity index (χ3n) is 5.61. The van der Waals surface area contributed by atoms with Gasteiger partial charge in [0.05, 0.1) is 12.5 Å². The molecule has 0 saturated heterocycles. The number of hydrogen-bond donors (Lipinski definition) is 2. The van der Waals surface area contributed by atoms with E-state index in [0.29, 0.717) is 39.7 Å². The summed E-state index contributed by atoms with van der Waals surface area (Å²) in [5, 5.41) is 10.5. The second-order valence-corrected chi connectivity index (χ2v) is 8.13. The number of carbonyl (C=O) groups is 2. The standard InChI is InChI=1S/C29H23N3O5/c1-35-25-12-5-6-13-26(25)36-18-27(33)30-21-10-7-11-22(17-21)31-29(34)20-14-15-24-23(16-20)28(37-32-24)19-8-3-2-4-9-19/h2-17H,18H2,1H3,(H,30,33)(H,31,34). The van der Waals surface area contributed by atoms with Gasteiger partial charge in [0, 0.05) is 22.5 Å². The van der Waals surface area contributed by atoms with E-state index in [1.165, 1.54) is 7.11 Å². The first-order valence-corrected chi connectivity index (χ1v) is 11.5. The molecule has 0 aliphatic heterocycles. The van der Waals surface area contributed by atoms with Crippen molar-refractivity contribution in [2.75, 3.05) is 24.4 Å². The normalized spacial score (nSPS) is 10.6.